The Labute approximate surface area is 136 Å². The van der Waals surface area contributed by atoms with E-state index in [-0.39, 0.29) is 24.4 Å². The molecule has 2 N–H and O–H groups in total. The highest BCUT2D eigenvalue weighted by atomic mass is 16.2. The lowest BCUT2D eigenvalue weighted by atomic mass is 10.1. The van der Waals surface area contributed by atoms with E-state index in [0.29, 0.717) is 0 Å². The SMILES string of the molecule is C[C@H](NC(=O)CNC(=O)/C=C/c1ccccc1)c1ccccc1. The van der Waals surface area contributed by atoms with Crippen LogP contribution in [0, 0.1) is 0 Å². The van der Waals surface area contributed by atoms with Crippen molar-refractivity contribution in [3.05, 3.63) is 77.9 Å². The van der Waals surface area contributed by atoms with Gasteiger partial charge in [0.1, 0.15) is 0 Å². The standard InChI is InChI=1S/C19H20N2O2/c1-15(17-10-6-3-7-11-17)21-19(23)14-20-18(22)13-12-16-8-4-2-5-9-16/h2-13,15H,14H2,1H3,(H,20,22)(H,21,23)/b13-12+/t15-/m0/s1. The van der Waals surface area contributed by atoms with Crippen molar-refractivity contribution in [3.63, 3.8) is 0 Å². The molecular weight excluding hydrogens is 288 g/mol. The van der Waals surface area contributed by atoms with E-state index in [1.807, 2.05) is 67.6 Å². The highest BCUT2D eigenvalue weighted by Gasteiger charge is 2.09. The van der Waals surface area contributed by atoms with Gasteiger partial charge >= 0.3 is 0 Å². The van der Waals surface area contributed by atoms with Gasteiger partial charge in [0.25, 0.3) is 0 Å². The molecule has 0 aliphatic carbocycles. The van der Waals surface area contributed by atoms with Gasteiger partial charge in [0.15, 0.2) is 0 Å². The maximum atomic E-state index is 11.9. The fourth-order valence-corrected chi connectivity index (χ4v) is 2.08. The van der Waals surface area contributed by atoms with Gasteiger partial charge in [-0.3, -0.25) is 9.59 Å². The largest absolute Gasteiger partial charge is 0.348 e. The summed E-state index contributed by atoms with van der Waals surface area (Å²) in [5, 5.41) is 5.42. The van der Waals surface area contributed by atoms with E-state index in [4.69, 9.17) is 0 Å². The van der Waals surface area contributed by atoms with Crippen molar-refractivity contribution in [1.82, 2.24) is 10.6 Å². The van der Waals surface area contributed by atoms with Crippen LogP contribution in [-0.4, -0.2) is 18.4 Å². The average molecular weight is 308 g/mol. The number of hydrogen-bond acceptors (Lipinski definition) is 2. The first-order chi connectivity index (χ1) is 11.1. The number of carbonyl (C=O) groups excluding carboxylic acids is 2. The minimum atomic E-state index is -0.295. The van der Waals surface area contributed by atoms with Crippen LogP contribution in [0.3, 0.4) is 0 Å². The number of nitrogens with one attached hydrogen (secondary N) is 2. The quantitative estimate of drug-likeness (QED) is 0.806. The second-order valence-corrected chi connectivity index (χ2v) is 5.16. The van der Waals surface area contributed by atoms with Crippen LogP contribution in [0.15, 0.2) is 66.7 Å². The smallest absolute Gasteiger partial charge is 0.244 e. The lowest BCUT2D eigenvalue weighted by Gasteiger charge is -2.14. The molecule has 2 aromatic rings. The molecule has 2 rings (SSSR count). The third-order valence-electron chi connectivity index (χ3n) is 3.33. The lowest BCUT2D eigenvalue weighted by Crippen LogP contribution is -2.37. The summed E-state index contributed by atoms with van der Waals surface area (Å²) in [6, 6.07) is 19.1. The van der Waals surface area contributed by atoms with Crippen molar-refractivity contribution >= 4 is 17.9 Å². The molecule has 2 aromatic carbocycles. The lowest BCUT2D eigenvalue weighted by molar-refractivity contribution is -0.124. The zero-order valence-corrected chi connectivity index (χ0v) is 13.0. The fourth-order valence-electron chi connectivity index (χ4n) is 2.08. The summed E-state index contributed by atoms with van der Waals surface area (Å²) in [5.41, 5.74) is 1.96. The Morgan fingerprint density at radius 2 is 1.61 bits per heavy atom. The number of amides is 2. The molecule has 2 amide bonds. The van der Waals surface area contributed by atoms with Crippen LogP contribution >= 0.6 is 0 Å². The van der Waals surface area contributed by atoms with E-state index >= 15 is 0 Å². The van der Waals surface area contributed by atoms with Gasteiger partial charge in [-0.25, -0.2) is 0 Å². The van der Waals surface area contributed by atoms with E-state index < -0.39 is 0 Å². The molecule has 0 saturated carbocycles. The van der Waals surface area contributed by atoms with Crippen molar-refractivity contribution in [2.24, 2.45) is 0 Å². The first-order valence-corrected chi connectivity index (χ1v) is 7.50. The van der Waals surface area contributed by atoms with Crippen LogP contribution in [-0.2, 0) is 9.59 Å². The Morgan fingerprint density at radius 3 is 2.26 bits per heavy atom. The molecule has 118 valence electrons. The molecule has 0 aromatic heterocycles. The molecule has 0 aliphatic rings. The van der Waals surface area contributed by atoms with Crippen molar-refractivity contribution < 1.29 is 9.59 Å². The van der Waals surface area contributed by atoms with E-state index in [2.05, 4.69) is 10.6 Å². The van der Waals surface area contributed by atoms with Crippen molar-refractivity contribution in [2.75, 3.05) is 6.54 Å². The minimum absolute atomic E-state index is 0.0465. The van der Waals surface area contributed by atoms with Crippen molar-refractivity contribution in [2.45, 2.75) is 13.0 Å². The van der Waals surface area contributed by atoms with Crippen molar-refractivity contribution in [1.29, 1.82) is 0 Å². The molecule has 0 saturated heterocycles. The van der Waals surface area contributed by atoms with Gasteiger partial charge in [0, 0.05) is 6.08 Å². The van der Waals surface area contributed by atoms with Crippen LogP contribution in [0.5, 0.6) is 0 Å². The Kier molecular flexibility index (Phi) is 6.12. The molecular formula is C19H20N2O2. The fraction of sp³-hybridized carbons (Fsp3) is 0.158. The first kappa shape index (κ1) is 16.5. The Morgan fingerprint density at radius 1 is 1.00 bits per heavy atom. The molecule has 0 bridgehead atoms. The maximum absolute atomic E-state index is 11.9. The summed E-state index contributed by atoms with van der Waals surface area (Å²) in [4.78, 5) is 23.6. The monoisotopic (exact) mass is 308 g/mol. The summed E-state index contributed by atoms with van der Waals surface area (Å²) in [5.74, 6) is -0.515. The molecule has 4 heteroatoms. The van der Waals surface area contributed by atoms with Gasteiger partial charge in [-0.2, -0.15) is 0 Å². The average Bonchev–Trinajstić information content (AvgIpc) is 2.60. The molecule has 0 spiro atoms. The predicted octanol–water partition coefficient (Wildman–Crippen LogP) is 2.69. The number of rotatable bonds is 6. The third kappa shape index (κ3) is 5.79. The Hall–Kier alpha value is -2.88. The summed E-state index contributed by atoms with van der Waals surface area (Å²) in [6.07, 6.45) is 3.13. The highest BCUT2D eigenvalue weighted by Crippen LogP contribution is 2.10. The van der Waals surface area contributed by atoms with Gasteiger partial charge < -0.3 is 10.6 Å². The van der Waals surface area contributed by atoms with Crippen LogP contribution in [0.1, 0.15) is 24.1 Å². The van der Waals surface area contributed by atoms with Crippen LogP contribution in [0.25, 0.3) is 6.08 Å². The van der Waals surface area contributed by atoms with Gasteiger partial charge in [0.05, 0.1) is 12.6 Å². The third-order valence-corrected chi connectivity index (χ3v) is 3.33. The Bertz CT molecular complexity index is 666. The maximum Gasteiger partial charge on any atom is 0.244 e. The zero-order chi connectivity index (χ0) is 16.5. The van der Waals surface area contributed by atoms with Gasteiger partial charge in [0.2, 0.25) is 11.8 Å². The van der Waals surface area contributed by atoms with E-state index in [0.717, 1.165) is 11.1 Å². The Balaban J connectivity index is 1.76. The summed E-state index contributed by atoms with van der Waals surface area (Å²) < 4.78 is 0. The highest BCUT2D eigenvalue weighted by molar-refractivity contribution is 5.94. The molecule has 0 heterocycles. The predicted molar refractivity (Wildman–Crippen MR) is 91.5 cm³/mol. The molecule has 0 unspecified atom stereocenters. The normalized spacial score (nSPS) is 11.9. The first-order valence-electron chi connectivity index (χ1n) is 7.50. The molecule has 4 nitrogen and oxygen atoms in total. The topological polar surface area (TPSA) is 58.2 Å². The summed E-state index contributed by atoms with van der Waals surface area (Å²) in [7, 11) is 0. The van der Waals surface area contributed by atoms with Gasteiger partial charge in [-0.15, -0.1) is 0 Å². The second-order valence-electron chi connectivity index (χ2n) is 5.16. The van der Waals surface area contributed by atoms with E-state index in [1.165, 1.54) is 6.08 Å². The van der Waals surface area contributed by atoms with E-state index in [1.54, 1.807) is 6.08 Å². The molecule has 0 fully saturated rings. The number of benzene rings is 2. The second kappa shape index (κ2) is 8.54. The van der Waals surface area contributed by atoms with Crippen molar-refractivity contribution in [3.8, 4) is 0 Å². The van der Waals surface area contributed by atoms with Gasteiger partial charge in [-0.1, -0.05) is 60.7 Å². The van der Waals surface area contributed by atoms with Crippen LogP contribution < -0.4 is 10.6 Å². The number of hydrogen-bond donors (Lipinski definition) is 2. The zero-order valence-electron chi connectivity index (χ0n) is 13.0. The molecule has 1 atom stereocenters. The van der Waals surface area contributed by atoms with Crippen LogP contribution in [0.2, 0.25) is 0 Å². The number of carbonyl (C=O) groups is 2. The molecule has 0 aliphatic heterocycles. The van der Waals surface area contributed by atoms with Gasteiger partial charge in [-0.05, 0) is 24.1 Å². The summed E-state index contributed by atoms with van der Waals surface area (Å²) in [6.45, 7) is 1.86. The summed E-state index contributed by atoms with van der Waals surface area (Å²) >= 11 is 0. The molecule has 23 heavy (non-hydrogen) atoms. The molecule has 0 radical (unpaired) electrons. The minimum Gasteiger partial charge on any atom is -0.348 e. The van der Waals surface area contributed by atoms with Crippen LogP contribution in [0.4, 0.5) is 0 Å². The van der Waals surface area contributed by atoms with E-state index in [9.17, 15) is 9.59 Å².